The number of fused-ring (bicyclic) bond motifs is 1. The van der Waals surface area contributed by atoms with Crippen LogP contribution in [-0.4, -0.2) is 30.0 Å². The largest absolute Gasteiger partial charge is 0.493 e. The first-order chi connectivity index (χ1) is 9.53. The summed E-state index contributed by atoms with van der Waals surface area (Å²) in [7, 11) is 4.86. The normalized spacial score (nSPS) is 12.4. The molecule has 20 heavy (non-hydrogen) atoms. The van der Waals surface area contributed by atoms with Crippen molar-refractivity contribution in [1.82, 2.24) is 9.55 Å². The Morgan fingerprint density at radius 2 is 1.85 bits per heavy atom. The van der Waals surface area contributed by atoms with E-state index in [4.69, 9.17) is 9.47 Å². The quantitative estimate of drug-likeness (QED) is 0.866. The molecule has 0 aliphatic rings. The highest BCUT2D eigenvalue weighted by Crippen LogP contribution is 2.31. The molecule has 0 unspecified atom stereocenters. The molecule has 1 heterocycles. The zero-order valence-electron chi connectivity index (χ0n) is 12.3. The van der Waals surface area contributed by atoms with Crippen LogP contribution in [0.3, 0.4) is 0 Å². The van der Waals surface area contributed by atoms with Gasteiger partial charge in [0.15, 0.2) is 11.5 Å². The Labute approximate surface area is 121 Å². The van der Waals surface area contributed by atoms with E-state index in [0.29, 0.717) is 22.4 Å². The van der Waals surface area contributed by atoms with Gasteiger partial charge in [-0.3, -0.25) is 9.36 Å². The second-order valence-electron chi connectivity index (χ2n) is 4.44. The number of benzene rings is 1. The van der Waals surface area contributed by atoms with E-state index in [1.165, 1.54) is 0 Å². The van der Waals surface area contributed by atoms with Gasteiger partial charge >= 0.3 is 0 Å². The molecule has 0 aliphatic carbocycles. The van der Waals surface area contributed by atoms with Crippen molar-refractivity contribution in [2.45, 2.75) is 12.2 Å². The Morgan fingerprint density at radius 3 is 2.40 bits per heavy atom. The monoisotopic (exact) mass is 294 g/mol. The summed E-state index contributed by atoms with van der Waals surface area (Å²) in [4.78, 5) is 17.1. The molecule has 0 aliphatic heterocycles. The van der Waals surface area contributed by atoms with E-state index >= 15 is 0 Å². The molecule has 0 spiro atoms. The van der Waals surface area contributed by atoms with Gasteiger partial charge in [-0.2, -0.15) is 11.8 Å². The van der Waals surface area contributed by atoms with Crippen molar-refractivity contribution >= 4 is 22.7 Å². The molecular weight excluding hydrogens is 276 g/mol. The van der Waals surface area contributed by atoms with Crippen LogP contribution < -0.4 is 15.0 Å². The van der Waals surface area contributed by atoms with Crippen molar-refractivity contribution in [3.8, 4) is 11.5 Å². The van der Waals surface area contributed by atoms with Gasteiger partial charge in [-0.1, -0.05) is 0 Å². The van der Waals surface area contributed by atoms with E-state index in [-0.39, 0.29) is 10.8 Å². The van der Waals surface area contributed by atoms with E-state index < -0.39 is 0 Å². The third-order valence-corrected chi connectivity index (χ3v) is 4.25. The molecule has 6 heteroatoms. The van der Waals surface area contributed by atoms with Gasteiger partial charge < -0.3 is 9.47 Å². The molecule has 0 fully saturated rings. The highest BCUT2D eigenvalue weighted by molar-refractivity contribution is 7.98. The predicted molar refractivity (Wildman–Crippen MR) is 82.0 cm³/mol. The summed E-state index contributed by atoms with van der Waals surface area (Å²) < 4.78 is 12.1. The molecule has 1 aromatic carbocycles. The van der Waals surface area contributed by atoms with E-state index in [2.05, 4.69) is 4.98 Å². The fourth-order valence-electron chi connectivity index (χ4n) is 2.08. The minimum Gasteiger partial charge on any atom is -0.493 e. The molecule has 0 radical (unpaired) electrons. The van der Waals surface area contributed by atoms with E-state index in [9.17, 15) is 4.79 Å². The number of nitrogens with zero attached hydrogens (tertiary/aromatic N) is 2. The summed E-state index contributed by atoms with van der Waals surface area (Å²) >= 11 is 1.65. The van der Waals surface area contributed by atoms with Crippen LogP contribution in [0.15, 0.2) is 16.9 Å². The third-order valence-electron chi connectivity index (χ3n) is 3.33. The minimum absolute atomic E-state index is 0.0770. The van der Waals surface area contributed by atoms with E-state index in [1.807, 2.05) is 13.2 Å². The lowest BCUT2D eigenvalue weighted by atomic mass is 10.2. The van der Waals surface area contributed by atoms with Gasteiger partial charge in [-0.15, -0.1) is 0 Å². The summed E-state index contributed by atoms with van der Waals surface area (Å²) in [5.74, 6) is 1.86. The second kappa shape index (κ2) is 5.75. The van der Waals surface area contributed by atoms with E-state index in [0.717, 1.165) is 5.82 Å². The smallest absolute Gasteiger partial charge is 0.261 e. The summed E-state index contributed by atoms with van der Waals surface area (Å²) in [5, 5.41) is 0.674. The van der Waals surface area contributed by atoms with Gasteiger partial charge in [-0.25, -0.2) is 4.98 Å². The average Bonchev–Trinajstić information content (AvgIpc) is 2.48. The summed E-state index contributed by atoms with van der Waals surface area (Å²) in [6.07, 6.45) is 2.00. The number of hydrogen-bond acceptors (Lipinski definition) is 5. The third kappa shape index (κ3) is 2.35. The molecule has 5 nitrogen and oxygen atoms in total. The van der Waals surface area contributed by atoms with Gasteiger partial charge in [-0.05, 0) is 19.2 Å². The Bertz CT molecular complexity index is 697. The van der Waals surface area contributed by atoms with Crippen LogP contribution in [0.25, 0.3) is 10.9 Å². The van der Waals surface area contributed by atoms with Crippen LogP contribution in [0.5, 0.6) is 11.5 Å². The van der Waals surface area contributed by atoms with Gasteiger partial charge in [0, 0.05) is 13.1 Å². The standard InChI is InChI=1S/C14H18N2O3S/c1-8(20-5)13-15-10-7-12(19-4)11(18-3)6-9(10)14(17)16(13)2/h6-8H,1-5H3/t8-/m0/s1. The van der Waals surface area contributed by atoms with Crippen LogP contribution in [0.1, 0.15) is 18.0 Å². The lowest BCUT2D eigenvalue weighted by molar-refractivity contribution is 0.355. The van der Waals surface area contributed by atoms with Crippen LogP contribution in [0, 0.1) is 0 Å². The molecule has 0 N–H and O–H groups in total. The number of thioether (sulfide) groups is 1. The lowest BCUT2D eigenvalue weighted by Gasteiger charge is -2.15. The first-order valence-electron chi connectivity index (χ1n) is 6.19. The fourth-order valence-corrected chi connectivity index (χ4v) is 2.51. The lowest BCUT2D eigenvalue weighted by Crippen LogP contribution is -2.23. The van der Waals surface area contributed by atoms with Crippen molar-refractivity contribution in [2.24, 2.45) is 7.05 Å². The van der Waals surface area contributed by atoms with Crippen LogP contribution in [0.2, 0.25) is 0 Å². The number of rotatable bonds is 4. The highest BCUT2D eigenvalue weighted by atomic mass is 32.2. The fraction of sp³-hybridized carbons (Fsp3) is 0.429. The SMILES string of the molecule is COc1cc2nc([C@H](C)SC)n(C)c(=O)c2cc1OC. The summed E-state index contributed by atoms with van der Waals surface area (Å²) in [6.45, 7) is 2.03. The zero-order chi connectivity index (χ0) is 14.9. The van der Waals surface area contributed by atoms with Crippen molar-refractivity contribution < 1.29 is 9.47 Å². The molecule has 1 atom stereocenters. The van der Waals surface area contributed by atoms with Crippen molar-refractivity contribution in [3.63, 3.8) is 0 Å². The van der Waals surface area contributed by atoms with Crippen LogP contribution in [0.4, 0.5) is 0 Å². The molecule has 0 saturated heterocycles. The number of hydrogen-bond donors (Lipinski definition) is 0. The maximum absolute atomic E-state index is 12.5. The van der Waals surface area contributed by atoms with Gasteiger partial charge in [0.2, 0.25) is 0 Å². The summed E-state index contributed by atoms with van der Waals surface area (Å²) in [6, 6.07) is 3.42. The molecule has 2 aromatic rings. The number of aromatic nitrogens is 2. The number of methoxy groups -OCH3 is 2. The molecule has 2 rings (SSSR count). The van der Waals surface area contributed by atoms with Gasteiger partial charge in [0.05, 0.1) is 30.4 Å². The van der Waals surface area contributed by atoms with Gasteiger partial charge in [0.25, 0.3) is 5.56 Å². The van der Waals surface area contributed by atoms with Crippen molar-refractivity contribution in [3.05, 3.63) is 28.3 Å². The maximum Gasteiger partial charge on any atom is 0.261 e. The highest BCUT2D eigenvalue weighted by Gasteiger charge is 2.16. The summed E-state index contributed by atoms with van der Waals surface area (Å²) in [5.41, 5.74) is 0.550. The Hall–Kier alpha value is -1.69. The predicted octanol–water partition coefficient (Wildman–Crippen LogP) is 2.37. The molecule has 0 bridgehead atoms. The first kappa shape index (κ1) is 14.7. The minimum atomic E-state index is -0.0770. The van der Waals surface area contributed by atoms with E-state index in [1.54, 1.807) is 49.7 Å². The molecule has 1 aromatic heterocycles. The number of ether oxygens (including phenoxy) is 2. The molecule has 0 saturated carbocycles. The van der Waals surface area contributed by atoms with Crippen LogP contribution >= 0.6 is 11.8 Å². The second-order valence-corrected chi connectivity index (χ2v) is 5.61. The Balaban J connectivity index is 2.80. The van der Waals surface area contributed by atoms with Gasteiger partial charge in [0.1, 0.15) is 5.82 Å². The molecule has 0 amide bonds. The average molecular weight is 294 g/mol. The Morgan fingerprint density at radius 1 is 1.25 bits per heavy atom. The first-order valence-corrected chi connectivity index (χ1v) is 7.47. The Kier molecular flexibility index (Phi) is 4.23. The maximum atomic E-state index is 12.5. The molecule has 108 valence electrons. The molecular formula is C14H18N2O3S. The van der Waals surface area contributed by atoms with Crippen molar-refractivity contribution in [1.29, 1.82) is 0 Å². The van der Waals surface area contributed by atoms with Crippen molar-refractivity contribution in [2.75, 3.05) is 20.5 Å². The zero-order valence-corrected chi connectivity index (χ0v) is 13.1. The van der Waals surface area contributed by atoms with Crippen LogP contribution in [-0.2, 0) is 7.05 Å². The topological polar surface area (TPSA) is 53.4 Å².